The molecule has 0 N–H and O–H groups in total. The number of sulfonamides is 1. The van der Waals surface area contributed by atoms with Crippen LogP contribution >= 0.6 is 11.6 Å². The van der Waals surface area contributed by atoms with Crippen molar-refractivity contribution in [3.8, 4) is 0 Å². The Hall–Kier alpha value is -2.71. The highest BCUT2D eigenvalue weighted by Gasteiger charge is 2.37. The van der Waals surface area contributed by atoms with E-state index in [4.69, 9.17) is 11.6 Å². The van der Waals surface area contributed by atoms with Gasteiger partial charge in [0.15, 0.2) is 0 Å². The summed E-state index contributed by atoms with van der Waals surface area (Å²) in [5.41, 5.74) is 2.50. The van der Waals surface area contributed by atoms with Crippen LogP contribution in [0.1, 0.15) is 17.0 Å². The summed E-state index contributed by atoms with van der Waals surface area (Å²) >= 11 is 6.00. The minimum Gasteiger partial charge on any atom is -0.254 e. The highest BCUT2D eigenvalue weighted by molar-refractivity contribution is 7.89. The Kier molecular flexibility index (Phi) is 4.45. The molecule has 0 radical (unpaired) electrons. The molecule has 0 spiro atoms. The van der Waals surface area contributed by atoms with Crippen molar-refractivity contribution in [3.63, 3.8) is 0 Å². The molecule has 27 heavy (non-hydrogen) atoms. The molecule has 9 heteroatoms. The number of rotatable bonds is 4. The number of hydrogen-bond donors (Lipinski definition) is 0. The summed E-state index contributed by atoms with van der Waals surface area (Å²) < 4.78 is 28.3. The first-order chi connectivity index (χ1) is 12.9. The minimum atomic E-state index is -3.88. The van der Waals surface area contributed by atoms with Gasteiger partial charge in [-0.05, 0) is 23.3 Å². The average Bonchev–Trinajstić information content (AvgIpc) is 3.30. The fourth-order valence-corrected chi connectivity index (χ4v) is 4.31. The van der Waals surface area contributed by atoms with Gasteiger partial charge in [0, 0.05) is 18.0 Å². The Bertz CT molecular complexity index is 1090. The van der Waals surface area contributed by atoms with Crippen LogP contribution in [0, 0.1) is 0 Å². The highest BCUT2D eigenvalue weighted by Crippen LogP contribution is 2.32. The van der Waals surface area contributed by atoms with Crippen molar-refractivity contribution in [1.82, 2.24) is 19.4 Å². The van der Waals surface area contributed by atoms with Gasteiger partial charge in [0.05, 0.1) is 18.5 Å². The molecule has 0 fully saturated rings. The van der Waals surface area contributed by atoms with E-state index in [0.29, 0.717) is 10.7 Å². The molecular formula is C18H16ClN5O2S. The standard InChI is InChI=1S/C18H16ClN5O2S/c1-23-12-17(20-22-23)27(25,26)24-11-16(13-7-9-15(19)10-8-13)18(21-24)14-5-3-2-4-6-14/h2-10,12,16H,11H2,1H3. The molecule has 1 unspecified atom stereocenters. The lowest BCUT2D eigenvalue weighted by atomic mass is 9.91. The van der Waals surface area contributed by atoms with Crippen molar-refractivity contribution in [3.05, 3.63) is 76.9 Å². The van der Waals surface area contributed by atoms with Gasteiger partial charge in [0.2, 0.25) is 5.03 Å². The van der Waals surface area contributed by atoms with Gasteiger partial charge in [-0.3, -0.25) is 4.68 Å². The van der Waals surface area contributed by atoms with E-state index in [1.807, 2.05) is 42.5 Å². The second kappa shape index (κ2) is 6.79. The van der Waals surface area contributed by atoms with Gasteiger partial charge in [-0.25, -0.2) is 0 Å². The van der Waals surface area contributed by atoms with E-state index in [2.05, 4.69) is 15.4 Å². The molecular weight excluding hydrogens is 386 g/mol. The Morgan fingerprint density at radius 3 is 2.41 bits per heavy atom. The molecule has 1 aliphatic rings. The third kappa shape index (κ3) is 3.33. The molecule has 1 atom stereocenters. The number of aromatic nitrogens is 3. The first kappa shape index (κ1) is 17.7. The maximum absolute atomic E-state index is 12.9. The van der Waals surface area contributed by atoms with Crippen LogP contribution in [0.15, 0.2) is 70.9 Å². The number of nitrogens with zero attached hydrogens (tertiary/aromatic N) is 5. The Morgan fingerprint density at radius 1 is 1.07 bits per heavy atom. The molecule has 2 aromatic carbocycles. The van der Waals surface area contributed by atoms with Gasteiger partial charge >= 0.3 is 0 Å². The van der Waals surface area contributed by atoms with E-state index in [1.54, 1.807) is 19.2 Å². The third-order valence-electron chi connectivity index (χ3n) is 4.35. The summed E-state index contributed by atoms with van der Waals surface area (Å²) in [4.78, 5) is 0. The molecule has 138 valence electrons. The van der Waals surface area contributed by atoms with Crippen molar-refractivity contribution >= 4 is 27.3 Å². The van der Waals surface area contributed by atoms with Crippen molar-refractivity contribution in [2.75, 3.05) is 6.54 Å². The maximum Gasteiger partial charge on any atom is 0.300 e. The van der Waals surface area contributed by atoms with E-state index in [1.165, 1.54) is 10.9 Å². The van der Waals surface area contributed by atoms with E-state index in [-0.39, 0.29) is 17.5 Å². The first-order valence-corrected chi connectivity index (χ1v) is 10.1. The molecule has 0 saturated heterocycles. The Balaban J connectivity index is 1.77. The summed E-state index contributed by atoms with van der Waals surface area (Å²) in [5.74, 6) is -0.212. The average molecular weight is 402 g/mol. The van der Waals surface area contributed by atoms with Crippen molar-refractivity contribution < 1.29 is 8.42 Å². The van der Waals surface area contributed by atoms with Crippen LogP contribution in [-0.2, 0) is 17.1 Å². The molecule has 0 saturated carbocycles. The second-order valence-corrected chi connectivity index (χ2v) is 8.42. The zero-order chi connectivity index (χ0) is 19.0. The van der Waals surface area contributed by atoms with Crippen LogP contribution in [0.25, 0.3) is 0 Å². The van der Waals surface area contributed by atoms with E-state index in [9.17, 15) is 8.42 Å². The van der Waals surface area contributed by atoms with Crippen molar-refractivity contribution in [1.29, 1.82) is 0 Å². The summed E-state index contributed by atoms with van der Waals surface area (Å²) in [5, 5.41) is 12.4. The number of hydrazone groups is 1. The number of benzene rings is 2. The molecule has 3 aromatic rings. The quantitative estimate of drug-likeness (QED) is 0.673. The van der Waals surface area contributed by atoms with Crippen LogP contribution in [0.3, 0.4) is 0 Å². The van der Waals surface area contributed by atoms with Crippen LogP contribution < -0.4 is 0 Å². The molecule has 7 nitrogen and oxygen atoms in total. The second-order valence-electron chi connectivity index (χ2n) is 6.20. The smallest absolute Gasteiger partial charge is 0.254 e. The van der Waals surface area contributed by atoms with Gasteiger partial charge in [0.1, 0.15) is 0 Å². The number of aryl methyl sites for hydroxylation is 1. The molecule has 0 amide bonds. The molecule has 4 rings (SSSR count). The van der Waals surface area contributed by atoms with Crippen LogP contribution in [0.4, 0.5) is 0 Å². The lowest BCUT2D eigenvalue weighted by Gasteiger charge is -2.15. The molecule has 1 aliphatic heterocycles. The molecule has 1 aromatic heterocycles. The van der Waals surface area contributed by atoms with Gasteiger partial charge < -0.3 is 0 Å². The van der Waals surface area contributed by atoms with Crippen molar-refractivity contribution in [2.24, 2.45) is 12.1 Å². The monoisotopic (exact) mass is 401 g/mol. The minimum absolute atomic E-state index is 0.127. The SMILES string of the molecule is Cn1cc(S(=O)(=O)N2CC(c3ccc(Cl)cc3)C(c3ccccc3)=N2)nn1. The van der Waals surface area contributed by atoms with Crippen LogP contribution in [0.5, 0.6) is 0 Å². The van der Waals surface area contributed by atoms with E-state index < -0.39 is 10.0 Å². The summed E-state index contributed by atoms with van der Waals surface area (Å²) in [6.07, 6.45) is 1.36. The molecule has 0 bridgehead atoms. The number of hydrogen-bond acceptors (Lipinski definition) is 5. The fraction of sp³-hybridized carbons (Fsp3) is 0.167. The van der Waals surface area contributed by atoms with Crippen LogP contribution in [-0.4, -0.2) is 40.1 Å². The third-order valence-corrected chi connectivity index (χ3v) is 6.11. The van der Waals surface area contributed by atoms with Crippen molar-refractivity contribution in [2.45, 2.75) is 10.9 Å². The van der Waals surface area contributed by atoms with Gasteiger partial charge in [-0.15, -0.1) is 5.10 Å². The number of halogens is 1. The largest absolute Gasteiger partial charge is 0.300 e. The summed E-state index contributed by atoms with van der Waals surface area (Å²) in [6, 6.07) is 16.9. The summed E-state index contributed by atoms with van der Waals surface area (Å²) in [7, 11) is -2.27. The van der Waals surface area contributed by atoms with Gasteiger partial charge in [0.25, 0.3) is 10.0 Å². The van der Waals surface area contributed by atoms with Crippen LogP contribution in [0.2, 0.25) is 5.02 Å². The first-order valence-electron chi connectivity index (χ1n) is 8.23. The Labute approximate surface area is 161 Å². The maximum atomic E-state index is 12.9. The fourth-order valence-electron chi connectivity index (χ4n) is 3.00. The summed E-state index contributed by atoms with van der Waals surface area (Å²) in [6.45, 7) is 0.185. The zero-order valence-electron chi connectivity index (χ0n) is 14.4. The highest BCUT2D eigenvalue weighted by atomic mass is 35.5. The molecule has 0 aliphatic carbocycles. The normalized spacial score (nSPS) is 17.2. The Morgan fingerprint density at radius 2 is 1.78 bits per heavy atom. The van der Waals surface area contributed by atoms with Gasteiger partial charge in [-0.1, -0.05) is 59.3 Å². The van der Waals surface area contributed by atoms with E-state index >= 15 is 0 Å². The predicted molar refractivity (Wildman–Crippen MR) is 102 cm³/mol. The lowest BCUT2D eigenvalue weighted by molar-refractivity contribution is 0.448. The van der Waals surface area contributed by atoms with E-state index in [0.717, 1.165) is 15.5 Å². The van der Waals surface area contributed by atoms with Gasteiger partial charge in [-0.2, -0.15) is 17.9 Å². The zero-order valence-corrected chi connectivity index (χ0v) is 16.0. The lowest BCUT2D eigenvalue weighted by Crippen LogP contribution is -2.26. The molecule has 2 heterocycles. The predicted octanol–water partition coefficient (Wildman–Crippen LogP) is 2.66. The topological polar surface area (TPSA) is 80.5 Å².